The van der Waals surface area contributed by atoms with Crippen LogP contribution in [0.1, 0.15) is 57.1 Å². The summed E-state index contributed by atoms with van der Waals surface area (Å²) in [4.78, 5) is 0. The minimum atomic E-state index is 0.596. The van der Waals surface area contributed by atoms with Gasteiger partial charge in [-0.25, -0.2) is 0 Å². The van der Waals surface area contributed by atoms with Crippen LogP contribution in [0.3, 0.4) is 0 Å². The van der Waals surface area contributed by atoms with Crippen molar-refractivity contribution in [3.63, 3.8) is 0 Å². The van der Waals surface area contributed by atoms with Gasteiger partial charge in [-0.05, 0) is 32.6 Å². The van der Waals surface area contributed by atoms with Crippen molar-refractivity contribution in [2.45, 2.75) is 66.5 Å². The molecule has 17 heavy (non-hydrogen) atoms. The molecule has 0 fully saturated rings. The van der Waals surface area contributed by atoms with Gasteiger partial charge in [0, 0.05) is 18.2 Å². The van der Waals surface area contributed by atoms with Crippen molar-refractivity contribution in [3.05, 3.63) is 17.0 Å². The number of aromatic nitrogens is 1. The number of nitrogens with one attached hydrogen (secondary N) is 1. The Morgan fingerprint density at radius 3 is 2.41 bits per heavy atom. The fourth-order valence-electron chi connectivity index (χ4n) is 2.05. The van der Waals surface area contributed by atoms with E-state index in [1.165, 1.54) is 24.8 Å². The van der Waals surface area contributed by atoms with Gasteiger partial charge in [-0.1, -0.05) is 32.3 Å². The third-order valence-corrected chi connectivity index (χ3v) is 3.63. The van der Waals surface area contributed by atoms with E-state index < -0.39 is 0 Å². The summed E-state index contributed by atoms with van der Waals surface area (Å²) in [5, 5.41) is 7.60. The Hall–Kier alpha value is -0.830. The van der Waals surface area contributed by atoms with E-state index >= 15 is 0 Å². The molecule has 1 aromatic rings. The largest absolute Gasteiger partial charge is 0.361 e. The van der Waals surface area contributed by atoms with Crippen molar-refractivity contribution >= 4 is 0 Å². The molecule has 0 bridgehead atoms. The molecule has 98 valence electrons. The van der Waals surface area contributed by atoms with Crippen molar-refractivity contribution in [3.8, 4) is 0 Å². The van der Waals surface area contributed by atoms with Gasteiger partial charge in [0.1, 0.15) is 5.76 Å². The molecule has 1 rings (SSSR count). The van der Waals surface area contributed by atoms with Gasteiger partial charge in [0.25, 0.3) is 0 Å². The Balaban J connectivity index is 2.48. The molecule has 1 aromatic heterocycles. The summed E-state index contributed by atoms with van der Waals surface area (Å²) in [7, 11) is 0. The van der Waals surface area contributed by atoms with E-state index in [2.05, 4.69) is 31.2 Å². The zero-order chi connectivity index (χ0) is 12.8. The van der Waals surface area contributed by atoms with Crippen LogP contribution in [-0.4, -0.2) is 11.2 Å². The van der Waals surface area contributed by atoms with E-state index in [4.69, 9.17) is 4.52 Å². The first-order valence-corrected chi connectivity index (χ1v) is 6.73. The molecule has 3 nitrogen and oxygen atoms in total. The van der Waals surface area contributed by atoms with Crippen molar-refractivity contribution in [2.75, 3.05) is 0 Å². The van der Waals surface area contributed by atoms with Gasteiger partial charge in [-0.15, -0.1) is 0 Å². The third kappa shape index (κ3) is 4.15. The summed E-state index contributed by atoms with van der Waals surface area (Å²) in [6.45, 7) is 11.7. The van der Waals surface area contributed by atoms with Crippen molar-refractivity contribution in [1.82, 2.24) is 10.5 Å². The summed E-state index contributed by atoms with van der Waals surface area (Å²) in [5.74, 6) is 1.73. The minimum Gasteiger partial charge on any atom is -0.361 e. The second-order valence-corrected chi connectivity index (χ2v) is 5.04. The van der Waals surface area contributed by atoms with Gasteiger partial charge in [0.05, 0.1) is 5.69 Å². The highest BCUT2D eigenvalue weighted by atomic mass is 16.5. The maximum atomic E-state index is 5.17. The van der Waals surface area contributed by atoms with Crippen LogP contribution in [0.25, 0.3) is 0 Å². The maximum Gasteiger partial charge on any atom is 0.138 e. The Kier molecular flexibility index (Phi) is 5.69. The lowest BCUT2D eigenvalue weighted by molar-refractivity contribution is 0.378. The monoisotopic (exact) mass is 238 g/mol. The average Bonchev–Trinajstić information content (AvgIpc) is 2.64. The molecule has 0 spiro atoms. The van der Waals surface area contributed by atoms with Crippen molar-refractivity contribution < 1.29 is 4.52 Å². The van der Waals surface area contributed by atoms with Crippen LogP contribution in [0.15, 0.2) is 4.52 Å². The molecule has 0 saturated carbocycles. The van der Waals surface area contributed by atoms with E-state index in [-0.39, 0.29) is 0 Å². The van der Waals surface area contributed by atoms with E-state index in [0.29, 0.717) is 6.04 Å². The Bertz CT molecular complexity index is 313. The topological polar surface area (TPSA) is 38.1 Å². The average molecular weight is 238 g/mol. The Morgan fingerprint density at radius 2 is 1.94 bits per heavy atom. The number of hydrogen-bond acceptors (Lipinski definition) is 3. The molecule has 0 radical (unpaired) electrons. The highest BCUT2D eigenvalue weighted by molar-refractivity contribution is 5.20. The van der Waals surface area contributed by atoms with Gasteiger partial charge in [0.15, 0.2) is 0 Å². The smallest absolute Gasteiger partial charge is 0.138 e. The molecule has 0 aliphatic rings. The van der Waals surface area contributed by atoms with Crippen LogP contribution in [0, 0.1) is 19.8 Å². The second-order valence-electron chi connectivity index (χ2n) is 5.04. The normalized spacial score (nSPS) is 14.9. The molecule has 2 unspecified atom stereocenters. The first-order chi connectivity index (χ1) is 8.08. The van der Waals surface area contributed by atoms with E-state index in [0.717, 1.165) is 23.9 Å². The molecule has 1 N–H and O–H groups in total. The summed E-state index contributed by atoms with van der Waals surface area (Å²) < 4.78 is 5.17. The van der Waals surface area contributed by atoms with Crippen LogP contribution in [0.5, 0.6) is 0 Å². The molecule has 0 saturated heterocycles. The first-order valence-electron chi connectivity index (χ1n) is 6.73. The fourth-order valence-corrected chi connectivity index (χ4v) is 2.05. The number of rotatable bonds is 7. The van der Waals surface area contributed by atoms with E-state index in [9.17, 15) is 0 Å². The molecule has 1 heterocycles. The van der Waals surface area contributed by atoms with Gasteiger partial charge in [0.2, 0.25) is 0 Å². The van der Waals surface area contributed by atoms with Gasteiger partial charge < -0.3 is 9.84 Å². The molecule has 0 aliphatic carbocycles. The van der Waals surface area contributed by atoms with Crippen LogP contribution in [0.4, 0.5) is 0 Å². The Morgan fingerprint density at radius 1 is 1.24 bits per heavy atom. The summed E-state index contributed by atoms with van der Waals surface area (Å²) >= 11 is 0. The standard InChI is InChI=1S/C14H26N2O/c1-6-10(3)8-13(7-2)15-9-14-11(4)16-17-12(14)5/h10,13,15H,6-9H2,1-5H3. The zero-order valence-corrected chi connectivity index (χ0v) is 11.8. The van der Waals surface area contributed by atoms with Gasteiger partial charge in [-0.3, -0.25) is 0 Å². The predicted molar refractivity (Wildman–Crippen MR) is 71.0 cm³/mol. The second kappa shape index (κ2) is 6.80. The third-order valence-electron chi connectivity index (χ3n) is 3.63. The highest BCUT2D eigenvalue weighted by Gasteiger charge is 2.13. The quantitative estimate of drug-likeness (QED) is 0.788. The highest BCUT2D eigenvalue weighted by Crippen LogP contribution is 2.15. The maximum absolute atomic E-state index is 5.17. The number of aryl methyl sites for hydroxylation is 2. The van der Waals surface area contributed by atoms with Crippen LogP contribution < -0.4 is 5.32 Å². The fraction of sp³-hybridized carbons (Fsp3) is 0.786. The molecule has 0 aromatic carbocycles. The van der Waals surface area contributed by atoms with Crippen LogP contribution in [0.2, 0.25) is 0 Å². The molecule has 2 atom stereocenters. The van der Waals surface area contributed by atoms with Gasteiger partial charge in [-0.2, -0.15) is 0 Å². The SMILES string of the molecule is CCC(C)CC(CC)NCc1c(C)noc1C. The summed E-state index contributed by atoms with van der Waals surface area (Å²) in [5.41, 5.74) is 2.22. The van der Waals surface area contributed by atoms with Crippen molar-refractivity contribution in [2.24, 2.45) is 5.92 Å². The molecular weight excluding hydrogens is 212 g/mol. The lowest BCUT2D eigenvalue weighted by Gasteiger charge is -2.20. The molecular formula is C14H26N2O. The number of hydrogen-bond donors (Lipinski definition) is 1. The van der Waals surface area contributed by atoms with E-state index in [1.54, 1.807) is 0 Å². The lowest BCUT2D eigenvalue weighted by atomic mass is 9.97. The molecule has 3 heteroatoms. The van der Waals surface area contributed by atoms with Crippen LogP contribution >= 0.6 is 0 Å². The first kappa shape index (κ1) is 14.2. The summed E-state index contributed by atoms with van der Waals surface area (Å²) in [6, 6.07) is 0.596. The van der Waals surface area contributed by atoms with Gasteiger partial charge >= 0.3 is 0 Å². The zero-order valence-electron chi connectivity index (χ0n) is 11.8. The predicted octanol–water partition coefficient (Wildman–Crippen LogP) is 3.60. The number of nitrogens with zero attached hydrogens (tertiary/aromatic N) is 1. The van der Waals surface area contributed by atoms with Crippen LogP contribution in [-0.2, 0) is 6.54 Å². The summed E-state index contributed by atoms with van der Waals surface area (Å²) in [6.07, 6.45) is 3.67. The molecule has 0 amide bonds. The lowest BCUT2D eigenvalue weighted by Crippen LogP contribution is -2.30. The Labute approximate surface area is 105 Å². The van der Waals surface area contributed by atoms with E-state index in [1.807, 2.05) is 13.8 Å². The minimum absolute atomic E-state index is 0.596. The molecule has 0 aliphatic heterocycles. The van der Waals surface area contributed by atoms with Crippen molar-refractivity contribution in [1.29, 1.82) is 0 Å².